The van der Waals surface area contributed by atoms with E-state index in [1.807, 2.05) is 13.8 Å². The Kier molecular flexibility index (Phi) is 4.44. The summed E-state index contributed by atoms with van der Waals surface area (Å²) in [6.45, 7) is 3.74. The molecule has 5 heteroatoms. The molecular formula is C11H14BrFN2O. The Morgan fingerprint density at radius 3 is 2.56 bits per heavy atom. The lowest BCUT2D eigenvalue weighted by molar-refractivity contribution is -0.120. The predicted octanol–water partition coefficient (Wildman–Crippen LogP) is 2.11. The Labute approximate surface area is 102 Å². The largest absolute Gasteiger partial charge is 0.368 e. The van der Waals surface area contributed by atoms with E-state index in [-0.39, 0.29) is 11.6 Å². The van der Waals surface area contributed by atoms with Gasteiger partial charge in [-0.2, -0.15) is 0 Å². The molecule has 1 rings (SSSR count). The van der Waals surface area contributed by atoms with Crippen LogP contribution >= 0.6 is 15.9 Å². The van der Waals surface area contributed by atoms with Gasteiger partial charge in [-0.05, 0) is 26.0 Å². The van der Waals surface area contributed by atoms with E-state index in [2.05, 4.69) is 21.2 Å². The molecule has 1 unspecified atom stereocenters. The lowest BCUT2D eigenvalue weighted by atomic mass is 10.0. The lowest BCUT2D eigenvalue weighted by Gasteiger charge is -2.19. The first-order chi connectivity index (χ1) is 7.41. The summed E-state index contributed by atoms with van der Waals surface area (Å²) in [6.07, 6.45) is 0. The first kappa shape index (κ1) is 13.1. The van der Waals surface area contributed by atoms with Crippen molar-refractivity contribution in [3.05, 3.63) is 34.1 Å². The minimum Gasteiger partial charge on any atom is -0.368 e. The number of nitrogens with one attached hydrogen (secondary N) is 1. The Bertz CT molecular complexity index is 396. The van der Waals surface area contributed by atoms with Crippen LogP contribution in [0.2, 0.25) is 0 Å². The van der Waals surface area contributed by atoms with Gasteiger partial charge in [-0.25, -0.2) is 4.39 Å². The summed E-state index contributed by atoms with van der Waals surface area (Å²) in [5.41, 5.74) is 5.51. The van der Waals surface area contributed by atoms with Crippen LogP contribution in [0.1, 0.15) is 25.5 Å². The SMILES string of the molecule is CC(C)NC(C(N)=O)c1ccc(Br)cc1F. The number of halogens is 2. The van der Waals surface area contributed by atoms with Crippen molar-refractivity contribution in [1.82, 2.24) is 5.32 Å². The van der Waals surface area contributed by atoms with E-state index in [0.29, 0.717) is 4.47 Å². The molecule has 0 fully saturated rings. The molecule has 16 heavy (non-hydrogen) atoms. The molecule has 88 valence electrons. The molecule has 0 saturated carbocycles. The van der Waals surface area contributed by atoms with Crippen LogP contribution in [0.3, 0.4) is 0 Å². The highest BCUT2D eigenvalue weighted by molar-refractivity contribution is 9.10. The van der Waals surface area contributed by atoms with Crippen LogP contribution in [0.5, 0.6) is 0 Å². The first-order valence-corrected chi connectivity index (χ1v) is 5.71. The third kappa shape index (κ3) is 3.28. The monoisotopic (exact) mass is 288 g/mol. The standard InChI is InChI=1S/C11H14BrFN2O/c1-6(2)15-10(11(14)16)8-4-3-7(12)5-9(8)13/h3-6,10,15H,1-2H3,(H2,14,16). The third-order valence-electron chi connectivity index (χ3n) is 2.06. The van der Waals surface area contributed by atoms with Crippen molar-refractivity contribution in [3.63, 3.8) is 0 Å². The summed E-state index contributed by atoms with van der Waals surface area (Å²) in [5.74, 6) is -1.04. The zero-order valence-electron chi connectivity index (χ0n) is 9.13. The zero-order valence-corrected chi connectivity index (χ0v) is 10.7. The van der Waals surface area contributed by atoms with Crippen molar-refractivity contribution in [2.24, 2.45) is 5.73 Å². The lowest BCUT2D eigenvalue weighted by Crippen LogP contribution is -2.38. The summed E-state index contributed by atoms with van der Waals surface area (Å²) in [4.78, 5) is 11.3. The smallest absolute Gasteiger partial charge is 0.239 e. The van der Waals surface area contributed by atoms with Gasteiger partial charge in [0.25, 0.3) is 0 Å². The van der Waals surface area contributed by atoms with Gasteiger partial charge in [-0.3, -0.25) is 10.1 Å². The fourth-order valence-electron chi connectivity index (χ4n) is 1.39. The molecule has 3 N–H and O–H groups in total. The fraction of sp³-hybridized carbons (Fsp3) is 0.364. The maximum atomic E-state index is 13.6. The van der Waals surface area contributed by atoms with Gasteiger partial charge in [-0.15, -0.1) is 0 Å². The second kappa shape index (κ2) is 5.41. The number of rotatable bonds is 4. The quantitative estimate of drug-likeness (QED) is 0.892. The topological polar surface area (TPSA) is 55.1 Å². The van der Waals surface area contributed by atoms with Gasteiger partial charge in [0.1, 0.15) is 11.9 Å². The minimum absolute atomic E-state index is 0.0422. The number of amides is 1. The number of carbonyl (C=O) groups excluding carboxylic acids is 1. The Morgan fingerprint density at radius 1 is 1.50 bits per heavy atom. The van der Waals surface area contributed by atoms with Crippen molar-refractivity contribution in [1.29, 1.82) is 0 Å². The number of benzene rings is 1. The van der Waals surface area contributed by atoms with Crippen LogP contribution in [0.25, 0.3) is 0 Å². The maximum absolute atomic E-state index is 13.6. The van der Waals surface area contributed by atoms with Crippen LogP contribution in [0.4, 0.5) is 4.39 Å². The molecular weight excluding hydrogens is 275 g/mol. The molecule has 1 atom stereocenters. The van der Waals surface area contributed by atoms with Gasteiger partial charge in [0.2, 0.25) is 5.91 Å². The van der Waals surface area contributed by atoms with E-state index >= 15 is 0 Å². The average molecular weight is 289 g/mol. The highest BCUT2D eigenvalue weighted by atomic mass is 79.9. The molecule has 0 bridgehead atoms. The molecule has 0 aliphatic heterocycles. The van der Waals surface area contributed by atoms with Gasteiger partial charge >= 0.3 is 0 Å². The van der Waals surface area contributed by atoms with Crippen LogP contribution < -0.4 is 11.1 Å². The maximum Gasteiger partial charge on any atom is 0.239 e. The highest BCUT2D eigenvalue weighted by Crippen LogP contribution is 2.21. The third-order valence-corrected chi connectivity index (χ3v) is 2.55. The van der Waals surface area contributed by atoms with Crippen molar-refractivity contribution in [3.8, 4) is 0 Å². The van der Waals surface area contributed by atoms with E-state index in [4.69, 9.17) is 5.73 Å². The van der Waals surface area contributed by atoms with Crippen LogP contribution in [-0.2, 0) is 4.79 Å². The predicted molar refractivity (Wildman–Crippen MR) is 64.3 cm³/mol. The van der Waals surface area contributed by atoms with E-state index in [1.165, 1.54) is 6.07 Å². The van der Waals surface area contributed by atoms with Gasteiger partial charge in [0.15, 0.2) is 0 Å². The summed E-state index contributed by atoms with van der Waals surface area (Å²) in [7, 11) is 0. The molecule has 0 saturated heterocycles. The minimum atomic E-state index is -0.798. The molecule has 0 aliphatic rings. The van der Waals surface area contributed by atoms with Gasteiger partial charge < -0.3 is 5.73 Å². The summed E-state index contributed by atoms with van der Waals surface area (Å²) in [6, 6.07) is 3.78. The van der Waals surface area contributed by atoms with Crippen molar-refractivity contribution in [2.75, 3.05) is 0 Å². The number of nitrogens with two attached hydrogens (primary N) is 1. The highest BCUT2D eigenvalue weighted by Gasteiger charge is 2.21. The Morgan fingerprint density at radius 2 is 2.12 bits per heavy atom. The second-order valence-corrected chi connectivity index (χ2v) is 4.74. The molecule has 1 amide bonds. The van der Waals surface area contributed by atoms with E-state index in [0.717, 1.165) is 0 Å². The van der Waals surface area contributed by atoms with Crippen LogP contribution in [0.15, 0.2) is 22.7 Å². The van der Waals surface area contributed by atoms with Crippen molar-refractivity contribution >= 4 is 21.8 Å². The molecule has 3 nitrogen and oxygen atoms in total. The van der Waals surface area contributed by atoms with Gasteiger partial charge in [-0.1, -0.05) is 22.0 Å². The Hall–Kier alpha value is -0.940. The van der Waals surface area contributed by atoms with E-state index < -0.39 is 17.8 Å². The fourth-order valence-corrected chi connectivity index (χ4v) is 1.73. The van der Waals surface area contributed by atoms with Gasteiger partial charge in [0, 0.05) is 16.1 Å². The first-order valence-electron chi connectivity index (χ1n) is 4.92. The summed E-state index contributed by atoms with van der Waals surface area (Å²) in [5, 5.41) is 2.93. The molecule has 1 aromatic rings. The molecule has 0 aliphatic carbocycles. The number of hydrogen-bond donors (Lipinski definition) is 2. The number of carbonyl (C=O) groups is 1. The molecule has 0 spiro atoms. The Balaban J connectivity index is 3.06. The van der Waals surface area contributed by atoms with Crippen LogP contribution in [0, 0.1) is 5.82 Å². The average Bonchev–Trinajstić information content (AvgIpc) is 2.14. The van der Waals surface area contributed by atoms with Gasteiger partial charge in [0.05, 0.1) is 0 Å². The second-order valence-electron chi connectivity index (χ2n) is 3.82. The summed E-state index contributed by atoms with van der Waals surface area (Å²) < 4.78 is 14.3. The summed E-state index contributed by atoms with van der Waals surface area (Å²) >= 11 is 3.16. The van der Waals surface area contributed by atoms with E-state index in [9.17, 15) is 9.18 Å². The van der Waals surface area contributed by atoms with E-state index in [1.54, 1.807) is 12.1 Å². The van der Waals surface area contributed by atoms with Crippen molar-refractivity contribution < 1.29 is 9.18 Å². The zero-order chi connectivity index (χ0) is 12.3. The molecule has 0 radical (unpaired) electrons. The number of primary amides is 1. The molecule has 0 heterocycles. The normalized spacial score (nSPS) is 12.8. The van der Waals surface area contributed by atoms with Crippen LogP contribution in [-0.4, -0.2) is 11.9 Å². The number of hydrogen-bond acceptors (Lipinski definition) is 2. The van der Waals surface area contributed by atoms with Crippen molar-refractivity contribution in [2.45, 2.75) is 25.9 Å². The molecule has 1 aromatic carbocycles. The molecule has 0 aromatic heterocycles.